The summed E-state index contributed by atoms with van der Waals surface area (Å²) in [5.41, 5.74) is 0. The molecular formula is C9H16O3. The summed E-state index contributed by atoms with van der Waals surface area (Å²) in [6.45, 7) is 1.00. The molecular weight excluding hydrogens is 156 g/mol. The summed E-state index contributed by atoms with van der Waals surface area (Å²) in [5, 5.41) is 0. The van der Waals surface area contributed by atoms with E-state index >= 15 is 0 Å². The van der Waals surface area contributed by atoms with Crippen LogP contribution in [0.3, 0.4) is 0 Å². The van der Waals surface area contributed by atoms with Crippen LogP contribution in [0.25, 0.3) is 0 Å². The van der Waals surface area contributed by atoms with Crippen LogP contribution in [0.5, 0.6) is 0 Å². The Labute approximate surface area is 73.1 Å². The van der Waals surface area contributed by atoms with Crippen molar-refractivity contribution in [3.8, 4) is 0 Å². The van der Waals surface area contributed by atoms with Crippen LogP contribution >= 0.6 is 0 Å². The van der Waals surface area contributed by atoms with Crippen LogP contribution in [0, 0.1) is 0 Å². The third kappa shape index (κ3) is 9.14. The molecule has 0 saturated carbocycles. The Morgan fingerprint density at radius 1 is 0.917 bits per heavy atom. The van der Waals surface area contributed by atoms with Crippen LogP contribution in [0.1, 0.15) is 38.5 Å². The van der Waals surface area contributed by atoms with Crippen molar-refractivity contribution in [3.05, 3.63) is 0 Å². The van der Waals surface area contributed by atoms with E-state index in [0.29, 0.717) is 19.5 Å². The Morgan fingerprint density at radius 3 is 2.25 bits per heavy atom. The lowest BCUT2D eigenvalue weighted by atomic mass is 10.1. The molecule has 0 radical (unpaired) electrons. The van der Waals surface area contributed by atoms with Crippen molar-refractivity contribution in [2.24, 2.45) is 0 Å². The Morgan fingerprint density at radius 2 is 1.58 bits per heavy atom. The Kier molecular flexibility index (Phi) is 9.41. The average molecular weight is 172 g/mol. The molecule has 0 aromatic carbocycles. The minimum absolute atomic E-state index is 0.479. The highest BCUT2D eigenvalue weighted by atomic mass is 16.5. The van der Waals surface area contributed by atoms with Gasteiger partial charge < -0.3 is 9.53 Å². The van der Waals surface area contributed by atoms with Crippen LogP contribution in [0.2, 0.25) is 0 Å². The molecule has 3 nitrogen and oxygen atoms in total. The Balaban J connectivity index is 2.81. The molecule has 0 N–H and O–H groups in total. The highest BCUT2D eigenvalue weighted by Gasteiger charge is 1.90. The highest BCUT2D eigenvalue weighted by Crippen LogP contribution is 2.03. The van der Waals surface area contributed by atoms with Gasteiger partial charge >= 0.3 is 0 Å². The second-order valence-corrected chi connectivity index (χ2v) is 2.69. The number of unbranched alkanes of at least 4 members (excludes halogenated alkanes) is 5. The molecule has 70 valence electrons. The van der Waals surface area contributed by atoms with Crippen LogP contribution in [0.15, 0.2) is 0 Å². The fourth-order valence-electron chi connectivity index (χ4n) is 0.992. The zero-order valence-electron chi connectivity index (χ0n) is 7.33. The molecule has 0 fully saturated rings. The minimum atomic E-state index is 0.479. The van der Waals surface area contributed by atoms with Gasteiger partial charge in [-0.15, -0.1) is 0 Å². The van der Waals surface area contributed by atoms with Gasteiger partial charge in [-0.1, -0.05) is 19.3 Å². The molecule has 0 rings (SSSR count). The van der Waals surface area contributed by atoms with E-state index in [2.05, 4.69) is 4.74 Å². The van der Waals surface area contributed by atoms with Gasteiger partial charge in [-0.3, -0.25) is 4.79 Å². The highest BCUT2D eigenvalue weighted by molar-refractivity contribution is 5.48. The maximum atomic E-state index is 9.92. The van der Waals surface area contributed by atoms with E-state index in [9.17, 15) is 9.59 Å². The molecule has 0 spiro atoms. The Bertz CT molecular complexity index is 98.3. The third-order valence-corrected chi connectivity index (χ3v) is 1.65. The summed E-state index contributed by atoms with van der Waals surface area (Å²) < 4.78 is 4.52. The second-order valence-electron chi connectivity index (χ2n) is 2.69. The molecule has 0 aliphatic rings. The molecule has 0 aliphatic heterocycles. The van der Waals surface area contributed by atoms with E-state index in [1.165, 1.54) is 0 Å². The van der Waals surface area contributed by atoms with Crippen molar-refractivity contribution in [3.63, 3.8) is 0 Å². The second kappa shape index (κ2) is 10.1. The number of hydrogen-bond donors (Lipinski definition) is 0. The molecule has 0 bridgehead atoms. The molecule has 3 heteroatoms. The van der Waals surface area contributed by atoms with Crippen molar-refractivity contribution >= 4 is 12.8 Å². The van der Waals surface area contributed by atoms with Crippen molar-refractivity contribution < 1.29 is 14.3 Å². The standard InChI is InChI=1S/C9H16O3/c10-7-5-3-1-2-4-6-8-12-9-11/h7,9H,1-6,8H2. The van der Waals surface area contributed by atoms with Gasteiger partial charge in [0.15, 0.2) is 0 Å². The van der Waals surface area contributed by atoms with E-state index in [1.807, 2.05) is 0 Å². The predicted octanol–water partition coefficient (Wildman–Crippen LogP) is 1.70. The van der Waals surface area contributed by atoms with Gasteiger partial charge in [0.25, 0.3) is 6.47 Å². The number of hydrogen-bond acceptors (Lipinski definition) is 3. The van der Waals surface area contributed by atoms with Gasteiger partial charge in [-0.25, -0.2) is 0 Å². The lowest BCUT2D eigenvalue weighted by molar-refractivity contribution is -0.128. The first-order valence-corrected chi connectivity index (χ1v) is 4.40. The number of carbonyl (C=O) groups excluding carboxylic acids is 2. The first kappa shape index (κ1) is 11.1. The smallest absolute Gasteiger partial charge is 0.293 e. The first-order chi connectivity index (χ1) is 5.91. The normalized spacial score (nSPS) is 9.33. The number of rotatable bonds is 9. The van der Waals surface area contributed by atoms with Crippen molar-refractivity contribution in [1.29, 1.82) is 0 Å². The van der Waals surface area contributed by atoms with Crippen LogP contribution in [-0.4, -0.2) is 19.4 Å². The van der Waals surface area contributed by atoms with Crippen molar-refractivity contribution in [1.82, 2.24) is 0 Å². The minimum Gasteiger partial charge on any atom is -0.468 e. The van der Waals surface area contributed by atoms with E-state index < -0.39 is 0 Å². The fraction of sp³-hybridized carbons (Fsp3) is 0.778. The fourth-order valence-corrected chi connectivity index (χ4v) is 0.992. The van der Waals surface area contributed by atoms with E-state index in [0.717, 1.165) is 38.4 Å². The van der Waals surface area contributed by atoms with E-state index in [-0.39, 0.29) is 0 Å². The maximum Gasteiger partial charge on any atom is 0.293 e. The zero-order valence-corrected chi connectivity index (χ0v) is 7.33. The number of ether oxygens (including phenoxy) is 1. The quantitative estimate of drug-likeness (QED) is 0.392. The predicted molar refractivity (Wildman–Crippen MR) is 45.8 cm³/mol. The SMILES string of the molecule is O=CCCCCCCCOC=O. The molecule has 0 saturated heterocycles. The average Bonchev–Trinajstić information content (AvgIpc) is 2.10. The van der Waals surface area contributed by atoms with Crippen LogP contribution < -0.4 is 0 Å². The first-order valence-electron chi connectivity index (χ1n) is 4.40. The molecule has 0 aromatic rings. The Hall–Kier alpha value is -0.860. The van der Waals surface area contributed by atoms with E-state index in [1.54, 1.807) is 0 Å². The van der Waals surface area contributed by atoms with Gasteiger partial charge in [0.2, 0.25) is 0 Å². The largest absolute Gasteiger partial charge is 0.468 e. The van der Waals surface area contributed by atoms with Gasteiger partial charge in [-0.05, 0) is 12.8 Å². The molecule has 0 amide bonds. The van der Waals surface area contributed by atoms with Crippen LogP contribution in [-0.2, 0) is 14.3 Å². The lowest BCUT2D eigenvalue weighted by Gasteiger charge is -1.98. The maximum absolute atomic E-state index is 9.92. The molecule has 0 aromatic heterocycles. The molecule has 0 aliphatic carbocycles. The molecule has 0 unspecified atom stereocenters. The lowest BCUT2D eigenvalue weighted by Crippen LogP contribution is -1.91. The summed E-state index contributed by atoms with van der Waals surface area (Å²) in [4.78, 5) is 19.6. The van der Waals surface area contributed by atoms with Gasteiger partial charge in [0.05, 0.1) is 6.61 Å². The summed E-state index contributed by atoms with van der Waals surface area (Å²) >= 11 is 0. The van der Waals surface area contributed by atoms with Crippen molar-refractivity contribution in [2.75, 3.05) is 6.61 Å². The number of aldehydes is 1. The van der Waals surface area contributed by atoms with Gasteiger partial charge in [0, 0.05) is 6.42 Å². The summed E-state index contributed by atoms with van der Waals surface area (Å²) in [6.07, 6.45) is 6.83. The monoisotopic (exact) mass is 172 g/mol. The molecule has 0 heterocycles. The summed E-state index contributed by atoms with van der Waals surface area (Å²) in [7, 11) is 0. The van der Waals surface area contributed by atoms with Gasteiger partial charge in [-0.2, -0.15) is 0 Å². The van der Waals surface area contributed by atoms with Gasteiger partial charge in [0.1, 0.15) is 6.29 Å². The van der Waals surface area contributed by atoms with Crippen molar-refractivity contribution in [2.45, 2.75) is 38.5 Å². The third-order valence-electron chi connectivity index (χ3n) is 1.65. The summed E-state index contributed by atoms with van der Waals surface area (Å²) in [6, 6.07) is 0. The number of carbonyl (C=O) groups is 2. The van der Waals surface area contributed by atoms with E-state index in [4.69, 9.17) is 0 Å². The topological polar surface area (TPSA) is 43.4 Å². The zero-order chi connectivity index (χ0) is 9.07. The molecule has 12 heavy (non-hydrogen) atoms. The van der Waals surface area contributed by atoms with Crippen LogP contribution in [0.4, 0.5) is 0 Å². The molecule has 0 atom stereocenters. The summed E-state index contributed by atoms with van der Waals surface area (Å²) in [5.74, 6) is 0.